The lowest BCUT2D eigenvalue weighted by Crippen LogP contribution is -2.54. The van der Waals surface area contributed by atoms with E-state index in [0.29, 0.717) is 6.61 Å². The van der Waals surface area contributed by atoms with Crippen LogP contribution < -0.4 is 0 Å². The zero-order valence-electron chi connectivity index (χ0n) is 11.0. The summed E-state index contributed by atoms with van der Waals surface area (Å²) in [6, 6.07) is 0. The first kappa shape index (κ1) is 13.3. The van der Waals surface area contributed by atoms with Crippen LogP contribution in [0.4, 0.5) is 4.79 Å². The number of hydrogen-bond donors (Lipinski definition) is 0. The first-order valence-electron chi connectivity index (χ1n) is 6.12. The number of ether oxygens (including phenoxy) is 1. The first-order chi connectivity index (χ1) is 7.45. The summed E-state index contributed by atoms with van der Waals surface area (Å²) in [4.78, 5) is 15.8. The lowest BCUT2D eigenvalue weighted by atomic mass is 10.1. The summed E-state index contributed by atoms with van der Waals surface area (Å²) in [5, 5.41) is 0. The average molecular weight is 228 g/mol. The van der Waals surface area contributed by atoms with Gasteiger partial charge in [-0.2, -0.15) is 0 Å². The molecule has 0 spiro atoms. The number of carbonyl (C=O) groups is 1. The van der Waals surface area contributed by atoms with Crippen LogP contribution in [0, 0.1) is 0 Å². The number of nitrogens with zero attached hydrogens (tertiary/aromatic N) is 2. The molecular formula is C12H24N2O2. The molecule has 16 heavy (non-hydrogen) atoms. The van der Waals surface area contributed by atoms with Crippen LogP contribution in [0.2, 0.25) is 0 Å². The van der Waals surface area contributed by atoms with Gasteiger partial charge >= 0.3 is 6.09 Å². The van der Waals surface area contributed by atoms with E-state index in [4.69, 9.17) is 4.74 Å². The van der Waals surface area contributed by atoms with Crippen molar-refractivity contribution in [3.05, 3.63) is 0 Å². The Balaban J connectivity index is 2.34. The van der Waals surface area contributed by atoms with E-state index >= 15 is 0 Å². The largest absolute Gasteiger partial charge is 0.449 e. The highest BCUT2D eigenvalue weighted by atomic mass is 16.6. The molecule has 0 bridgehead atoms. The molecule has 0 aromatic heterocycles. The van der Waals surface area contributed by atoms with Crippen LogP contribution >= 0.6 is 0 Å². The van der Waals surface area contributed by atoms with Crippen molar-refractivity contribution in [1.29, 1.82) is 0 Å². The summed E-state index contributed by atoms with van der Waals surface area (Å²) < 4.78 is 5.12. The summed E-state index contributed by atoms with van der Waals surface area (Å²) in [6.07, 6.45) is 0.726. The number of hydrogen-bond acceptors (Lipinski definition) is 3. The minimum absolute atomic E-state index is 0.157. The lowest BCUT2D eigenvalue weighted by molar-refractivity contribution is 0.0459. The molecule has 1 rings (SSSR count). The third-order valence-electron chi connectivity index (χ3n) is 2.92. The zero-order chi connectivity index (χ0) is 12.2. The molecule has 0 saturated carbocycles. The van der Waals surface area contributed by atoms with Crippen LogP contribution in [-0.4, -0.2) is 54.2 Å². The number of piperazine rings is 1. The van der Waals surface area contributed by atoms with Gasteiger partial charge in [0.2, 0.25) is 0 Å². The van der Waals surface area contributed by atoms with Gasteiger partial charge in [0.25, 0.3) is 0 Å². The predicted molar refractivity (Wildman–Crippen MR) is 64.5 cm³/mol. The maximum Gasteiger partial charge on any atom is 0.409 e. The van der Waals surface area contributed by atoms with Crippen LogP contribution in [0.1, 0.15) is 34.1 Å². The highest BCUT2D eigenvalue weighted by molar-refractivity contribution is 5.67. The molecule has 0 radical (unpaired) electrons. The van der Waals surface area contributed by atoms with Crippen molar-refractivity contribution in [2.75, 3.05) is 32.8 Å². The fraction of sp³-hybridized carbons (Fsp3) is 0.917. The Bertz CT molecular complexity index is 228. The Kier molecular flexibility index (Phi) is 4.59. The molecular weight excluding hydrogens is 204 g/mol. The molecule has 0 aromatic carbocycles. The third kappa shape index (κ3) is 3.67. The van der Waals surface area contributed by atoms with Crippen molar-refractivity contribution in [2.45, 2.75) is 39.7 Å². The fourth-order valence-electron chi connectivity index (χ4n) is 1.84. The second-order valence-electron chi connectivity index (χ2n) is 5.26. The van der Waals surface area contributed by atoms with Crippen LogP contribution in [0.15, 0.2) is 0 Å². The summed E-state index contributed by atoms with van der Waals surface area (Å²) in [7, 11) is 0. The standard InChI is InChI=1S/C12H24N2O2/c1-5-10-16-11(15)13-6-8-14(9-7-13)12(2,3)4/h5-10H2,1-4H3. The van der Waals surface area contributed by atoms with Gasteiger partial charge in [0.05, 0.1) is 6.61 Å². The van der Waals surface area contributed by atoms with Crippen LogP contribution in [-0.2, 0) is 4.74 Å². The zero-order valence-corrected chi connectivity index (χ0v) is 11.0. The van der Waals surface area contributed by atoms with Gasteiger partial charge in [-0.15, -0.1) is 0 Å². The van der Waals surface area contributed by atoms with E-state index in [-0.39, 0.29) is 11.6 Å². The van der Waals surface area contributed by atoms with Gasteiger partial charge in [0.1, 0.15) is 0 Å². The fourth-order valence-corrected chi connectivity index (χ4v) is 1.84. The maximum absolute atomic E-state index is 11.6. The Hall–Kier alpha value is -0.770. The van der Waals surface area contributed by atoms with E-state index in [9.17, 15) is 4.79 Å². The van der Waals surface area contributed by atoms with Crippen molar-refractivity contribution >= 4 is 6.09 Å². The monoisotopic (exact) mass is 228 g/mol. The molecule has 4 nitrogen and oxygen atoms in total. The molecule has 94 valence electrons. The molecule has 0 unspecified atom stereocenters. The summed E-state index contributed by atoms with van der Waals surface area (Å²) >= 11 is 0. The van der Waals surface area contributed by atoms with Crippen molar-refractivity contribution < 1.29 is 9.53 Å². The van der Waals surface area contributed by atoms with Crippen molar-refractivity contribution in [1.82, 2.24) is 9.80 Å². The van der Waals surface area contributed by atoms with Crippen LogP contribution in [0.3, 0.4) is 0 Å². The van der Waals surface area contributed by atoms with Crippen molar-refractivity contribution in [3.63, 3.8) is 0 Å². The van der Waals surface area contributed by atoms with E-state index in [0.717, 1.165) is 32.6 Å². The quantitative estimate of drug-likeness (QED) is 0.724. The van der Waals surface area contributed by atoms with Gasteiger partial charge in [-0.1, -0.05) is 6.92 Å². The molecule has 0 atom stereocenters. The van der Waals surface area contributed by atoms with E-state index < -0.39 is 0 Å². The van der Waals surface area contributed by atoms with Crippen molar-refractivity contribution in [3.8, 4) is 0 Å². The van der Waals surface area contributed by atoms with Gasteiger partial charge in [-0.3, -0.25) is 4.90 Å². The Labute approximate surface area is 98.5 Å². The van der Waals surface area contributed by atoms with Crippen molar-refractivity contribution in [2.24, 2.45) is 0 Å². The normalized spacial score (nSPS) is 18.6. The van der Waals surface area contributed by atoms with Crippen LogP contribution in [0.5, 0.6) is 0 Å². The summed E-state index contributed by atoms with van der Waals surface area (Å²) in [6.45, 7) is 12.6. The lowest BCUT2D eigenvalue weighted by Gasteiger charge is -2.41. The minimum Gasteiger partial charge on any atom is -0.449 e. The van der Waals surface area contributed by atoms with Gasteiger partial charge < -0.3 is 9.64 Å². The number of carbonyl (C=O) groups excluding carboxylic acids is 1. The topological polar surface area (TPSA) is 32.8 Å². The molecule has 1 heterocycles. The molecule has 4 heteroatoms. The summed E-state index contributed by atoms with van der Waals surface area (Å²) in [5.74, 6) is 0. The molecule has 0 aliphatic carbocycles. The number of amides is 1. The molecule has 1 saturated heterocycles. The van der Waals surface area contributed by atoms with Gasteiger partial charge in [-0.05, 0) is 27.2 Å². The second kappa shape index (κ2) is 5.53. The molecule has 1 fully saturated rings. The first-order valence-corrected chi connectivity index (χ1v) is 6.12. The maximum atomic E-state index is 11.6. The molecule has 0 N–H and O–H groups in total. The SMILES string of the molecule is CCCOC(=O)N1CCN(C(C)(C)C)CC1. The molecule has 0 aromatic rings. The predicted octanol–water partition coefficient (Wildman–Crippen LogP) is 1.95. The highest BCUT2D eigenvalue weighted by Crippen LogP contribution is 2.16. The average Bonchev–Trinajstić information content (AvgIpc) is 2.25. The van der Waals surface area contributed by atoms with E-state index in [1.54, 1.807) is 4.90 Å². The minimum atomic E-state index is -0.157. The smallest absolute Gasteiger partial charge is 0.409 e. The van der Waals surface area contributed by atoms with E-state index in [1.165, 1.54) is 0 Å². The van der Waals surface area contributed by atoms with Gasteiger partial charge in [0.15, 0.2) is 0 Å². The van der Waals surface area contributed by atoms with E-state index in [1.807, 2.05) is 6.92 Å². The summed E-state index contributed by atoms with van der Waals surface area (Å²) in [5.41, 5.74) is 0.194. The van der Waals surface area contributed by atoms with E-state index in [2.05, 4.69) is 25.7 Å². The third-order valence-corrected chi connectivity index (χ3v) is 2.92. The Morgan fingerprint density at radius 2 is 1.75 bits per heavy atom. The van der Waals surface area contributed by atoms with Crippen LogP contribution in [0.25, 0.3) is 0 Å². The number of rotatable bonds is 2. The molecule has 1 aliphatic rings. The Morgan fingerprint density at radius 1 is 1.19 bits per heavy atom. The molecule has 1 amide bonds. The van der Waals surface area contributed by atoms with Gasteiger partial charge in [0, 0.05) is 31.7 Å². The highest BCUT2D eigenvalue weighted by Gasteiger charge is 2.28. The molecule has 1 aliphatic heterocycles. The Morgan fingerprint density at radius 3 is 2.19 bits per heavy atom. The van der Waals surface area contributed by atoms with Gasteiger partial charge in [-0.25, -0.2) is 4.79 Å². The second-order valence-corrected chi connectivity index (χ2v) is 5.26.